The van der Waals surface area contributed by atoms with Crippen LogP contribution in [0.3, 0.4) is 0 Å². The van der Waals surface area contributed by atoms with Crippen molar-refractivity contribution < 1.29 is 9.59 Å². The Morgan fingerprint density at radius 2 is 1.58 bits per heavy atom. The maximum Gasteiger partial charge on any atom is 0.223 e. The van der Waals surface area contributed by atoms with Gasteiger partial charge in [0.25, 0.3) is 0 Å². The molecule has 0 saturated carbocycles. The minimum absolute atomic E-state index is 0.00598. The van der Waals surface area contributed by atoms with Crippen molar-refractivity contribution in [2.24, 2.45) is 0 Å². The summed E-state index contributed by atoms with van der Waals surface area (Å²) in [6, 6.07) is 18.5. The number of fused-ring (bicyclic) bond motifs is 1. The van der Waals surface area contributed by atoms with Crippen LogP contribution in [0.2, 0.25) is 0 Å². The van der Waals surface area contributed by atoms with Crippen molar-refractivity contribution in [1.82, 2.24) is 19.7 Å². The third-order valence-corrected chi connectivity index (χ3v) is 6.39. The summed E-state index contributed by atoms with van der Waals surface area (Å²) >= 11 is 0. The van der Waals surface area contributed by atoms with Crippen molar-refractivity contribution >= 4 is 44.0 Å². The molecule has 0 N–H and O–H groups in total. The van der Waals surface area contributed by atoms with E-state index in [0.29, 0.717) is 25.2 Å². The lowest BCUT2D eigenvalue weighted by molar-refractivity contribution is -0.132. The summed E-state index contributed by atoms with van der Waals surface area (Å²) in [4.78, 5) is 27.6. The van der Waals surface area contributed by atoms with Crippen LogP contribution in [0.4, 0.5) is 0 Å². The van der Waals surface area contributed by atoms with Crippen molar-refractivity contribution in [1.29, 1.82) is 0 Å². The molecule has 0 radical (unpaired) electrons. The number of rotatable bonds is 4. The van der Waals surface area contributed by atoms with Crippen molar-refractivity contribution in [3.05, 3.63) is 72.3 Å². The van der Waals surface area contributed by atoms with Gasteiger partial charge in [-0.1, -0.05) is 54.6 Å². The molecule has 0 atom stereocenters. The first-order valence-corrected chi connectivity index (χ1v) is 10.5. The van der Waals surface area contributed by atoms with Gasteiger partial charge in [-0.2, -0.15) is 0 Å². The SMILES string of the molecule is O=C(CCC(=O)N1CCn2cnnc2C1)c1ccc2ccc3cccc4ccc1c2c34. The quantitative estimate of drug-likeness (QED) is 0.330. The lowest BCUT2D eigenvalue weighted by atomic mass is 9.90. The second-order valence-electron chi connectivity index (χ2n) is 8.15. The topological polar surface area (TPSA) is 68.1 Å². The molecule has 6 rings (SSSR count). The fourth-order valence-corrected chi connectivity index (χ4v) is 4.77. The Bertz CT molecular complexity index is 1450. The summed E-state index contributed by atoms with van der Waals surface area (Å²) in [6.45, 7) is 1.76. The van der Waals surface area contributed by atoms with Crippen LogP contribution in [0.15, 0.2) is 60.9 Å². The van der Waals surface area contributed by atoms with Crippen LogP contribution in [0.1, 0.15) is 29.0 Å². The molecule has 2 heterocycles. The Labute approximate surface area is 178 Å². The largest absolute Gasteiger partial charge is 0.333 e. The number of amides is 1. The standard InChI is InChI=1S/C25H20N4O2/c30-21(10-11-23(31)28-12-13-29-15-26-27-22(29)14-28)19-8-6-18-5-4-16-2-1-3-17-7-9-20(19)25(18)24(16)17/h1-9,15H,10-14H2. The van der Waals surface area contributed by atoms with Crippen LogP contribution in [0.5, 0.6) is 0 Å². The summed E-state index contributed by atoms with van der Waals surface area (Å²) < 4.78 is 1.96. The molecule has 0 aliphatic carbocycles. The van der Waals surface area contributed by atoms with E-state index in [0.717, 1.165) is 22.0 Å². The Morgan fingerprint density at radius 3 is 2.42 bits per heavy atom. The zero-order valence-corrected chi connectivity index (χ0v) is 16.9. The third kappa shape index (κ3) is 2.86. The predicted octanol–water partition coefficient (Wildman–Crippen LogP) is 4.18. The monoisotopic (exact) mass is 408 g/mol. The van der Waals surface area contributed by atoms with E-state index < -0.39 is 0 Å². The molecular weight excluding hydrogens is 388 g/mol. The van der Waals surface area contributed by atoms with Crippen LogP contribution >= 0.6 is 0 Å². The van der Waals surface area contributed by atoms with Gasteiger partial charge in [-0.15, -0.1) is 10.2 Å². The molecule has 31 heavy (non-hydrogen) atoms. The smallest absolute Gasteiger partial charge is 0.223 e. The molecule has 0 bridgehead atoms. The number of hydrogen-bond donors (Lipinski definition) is 0. The molecule has 0 unspecified atom stereocenters. The number of benzene rings is 4. The van der Waals surface area contributed by atoms with E-state index in [1.165, 1.54) is 16.2 Å². The molecule has 0 fully saturated rings. The number of carbonyl (C=O) groups is 2. The number of carbonyl (C=O) groups excluding carboxylic acids is 2. The fraction of sp³-hybridized carbons (Fsp3) is 0.200. The lowest BCUT2D eigenvalue weighted by Crippen LogP contribution is -2.38. The number of ketones is 1. The van der Waals surface area contributed by atoms with Crippen molar-refractivity contribution in [3.8, 4) is 0 Å². The van der Waals surface area contributed by atoms with E-state index in [9.17, 15) is 9.59 Å². The van der Waals surface area contributed by atoms with Gasteiger partial charge in [0.1, 0.15) is 6.33 Å². The molecule has 0 spiro atoms. The molecule has 1 aliphatic rings. The highest BCUT2D eigenvalue weighted by Gasteiger charge is 2.23. The molecule has 1 aliphatic heterocycles. The first kappa shape index (κ1) is 18.0. The van der Waals surface area contributed by atoms with E-state index in [1.54, 1.807) is 11.2 Å². The van der Waals surface area contributed by atoms with Crippen LogP contribution in [0, 0.1) is 0 Å². The van der Waals surface area contributed by atoms with E-state index in [4.69, 9.17) is 0 Å². The second-order valence-corrected chi connectivity index (χ2v) is 8.15. The van der Waals surface area contributed by atoms with Crippen molar-refractivity contribution in [3.63, 3.8) is 0 Å². The summed E-state index contributed by atoms with van der Waals surface area (Å²) in [5.41, 5.74) is 0.692. The van der Waals surface area contributed by atoms with E-state index in [1.807, 2.05) is 22.8 Å². The summed E-state index contributed by atoms with van der Waals surface area (Å²) in [5.74, 6) is 0.782. The van der Waals surface area contributed by atoms with E-state index >= 15 is 0 Å². The predicted molar refractivity (Wildman–Crippen MR) is 119 cm³/mol. The third-order valence-electron chi connectivity index (χ3n) is 6.39. The maximum absolute atomic E-state index is 13.1. The molecule has 0 saturated heterocycles. The molecule has 1 amide bonds. The second kappa shape index (κ2) is 6.87. The summed E-state index contributed by atoms with van der Waals surface area (Å²) in [6.07, 6.45) is 2.09. The molecule has 1 aromatic heterocycles. The van der Waals surface area contributed by atoms with Crippen LogP contribution in [0.25, 0.3) is 32.3 Å². The first-order valence-electron chi connectivity index (χ1n) is 10.5. The first-order chi connectivity index (χ1) is 15.2. The van der Waals surface area contributed by atoms with Gasteiger partial charge < -0.3 is 9.47 Å². The fourth-order valence-electron chi connectivity index (χ4n) is 4.77. The average Bonchev–Trinajstić information content (AvgIpc) is 3.28. The summed E-state index contributed by atoms with van der Waals surface area (Å²) in [7, 11) is 0. The Kier molecular flexibility index (Phi) is 3.99. The van der Waals surface area contributed by atoms with Crippen LogP contribution in [-0.4, -0.2) is 37.9 Å². The molecule has 4 aromatic carbocycles. The zero-order valence-electron chi connectivity index (χ0n) is 16.9. The average molecular weight is 408 g/mol. The van der Waals surface area contributed by atoms with Crippen LogP contribution in [-0.2, 0) is 17.9 Å². The van der Waals surface area contributed by atoms with Crippen LogP contribution < -0.4 is 0 Å². The van der Waals surface area contributed by atoms with Gasteiger partial charge in [-0.05, 0) is 32.3 Å². The van der Waals surface area contributed by atoms with Gasteiger partial charge in [0, 0.05) is 31.5 Å². The summed E-state index contributed by atoms with van der Waals surface area (Å²) in [5, 5.41) is 14.7. The minimum Gasteiger partial charge on any atom is -0.333 e. The Morgan fingerprint density at radius 1 is 0.839 bits per heavy atom. The van der Waals surface area contributed by atoms with Gasteiger partial charge in [-0.3, -0.25) is 9.59 Å². The van der Waals surface area contributed by atoms with Crippen molar-refractivity contribution in [2.45, 2.75) is 25.9 Å². The van der Waals surface area contributed by atoms with Gasteiger partial charge in [0.2, 0.25) is 5.91 Å². The van der Waals surface area contributed by atoms with Gasteiger partial charge in [-0.25, -0.2) is 0 Å². The van der Waals surface area contributed by atoms with Crippen molar-refractivity contribution in [2.75, 3.05) is 6.54 Å². The zero-order chi connectivity index (χ0) is 20.9. The number of nitrogens with zero attached hydrogens (tertiary/aromatic N) is 4. The molecule has 5 aromatic rings. The van der Waals surface area contributed by atoms with Gasteiger partial charge in [0.15, 0.2) is 11.6 Å². The number of hydrogen-bond acceptors (Lipinski definition) is 4. The van der Waals surface area contributed by atoms with E-state index in [-0.39, 0.29) is 24.5 Å². The van der Waals surface area contributed by atoms with Gasteiger partial charge in [0.05, 0.1) is 6.54 Å². The lowest BCUT2D eigenvalue weighted by Gasteiger charge is -2.27. The maximum atomic E-state index is 13.1. The minimum atomic E-state index is -0.0136. The normalized spacial score (nSPS) is 13.9. The number of Topliss-reactive ketones (excluding diaryl/α,β-unsaturated/α-hetero) is 1. The molecule has 152 valence electrons. The Hall–Kier alpha value is -3.80. The molecule has 6 nitrogen and oxygen atoms in total. The highest BCUT2D eigenvalue weighted by Crippen LogP contribution is 2.36. The highest BCUT2D eigenvalue weighted by atomic mass is 16.2. The van der Waals surface area contributed by atoms with E-state index in [2.05, 4.69) is 46.6 Å². The molecule has 6 heteroatoms. The molecular formula is C25H20N4O2. The van der Waals surface area contributed by atoms with Gasteiger partial charge >= 0.3 is 0 Å². The highest BCUT2D eigenvalue weighted by molar-refractivity contribution is 6.26. The Balaban J connectivity index is 1.28. The number of aromatic nitrogens is 3.